The summed E-state index contributed by atoms with van der Waals surface area (Å²) in [6.45, 7) is 6.92. The fraction of sp³-hybridized carbons (Fsp3) is 0.632. The highest BCUT2D eigenvalue weighted by atomic mass is 14.3. The van der Waals surface area contributed by atoms with Crippen molar-refractivity contribution in [2.45, 2.75) is 77.6 Å². The molecule has 0 unspecified atom stereocenters. The van der Waals surface area contributed by atoms with Crippen molar-refractivity contribution < 1.29 is 0 Å². The van der Waals surface area contributed by atoms with Crippen LogP contribution in [0.3, 0.4) is 0 Å². The SMILES string of the molecule is CCCCCC(C)(CCCCC)c1ccc(C#N)cc1. The number of nitrogens with zero attached hydrogens (tertiary/aromatic N) is 1. The molecule has 0 aliphatic carbocycles. The van der Waals surface area contributed by atoms with Gasteiger partial charge in [0.25, 0.3) is 0 Å². The minimum absolute atomic E-state index is 0.276. The van der Waals surface area contributed by atoms with Gasteiger partial charge in [0.05, 0.1) is 11.6 Å². The van der Waals surface area contributed by atoms with Crippen LogP contribution in [0.5, 0.6) is 0 Å². The van der Waals surface area contributed by atoms with Crippen LogP contribution in [0.4, 0.5) is 0 Å². The van der Waals surface area contributed by atoms with Gasteiger partial charge in [-0.15, -0.1) is 0 Å². The monoisotopic (exact) mass is 271 g/mol. The molecule has 0 amide bonds. The van der Waals surface area contributed by atoms with Crippen molar-refractivity contribution in [3.8, 4) is 6.07 Å². The number of nitriles is 1. The van der Waals surface area contributed by atoms with Gasteiger partial charge in [0.15, 0.2) is 0 Å². The normalized spacial score (nSPS) is 11.3. The van der Waals surface area contributed by atoms with E-state index in [-0.39, 0.29) is 5.41 Å². The Labute approximate surface area is 125 Å². The van der Waals surface area contributed by atoms with Crippen LogP contribution < -0.4 is 0 Å². The molecule has 0 aromatic heterocycles. The molecule has 0 aliphatic heterocycles. The molecule has 20 heavy (non-hydrogen) atoms. The van der Waals surface area contributed by atoms with Gasteiger partial charge in [-0.3, -0.25) is 0 Å². The standard InChI is InChI=1S/C19H29N/c1-4-6-8-14-19(3,15-9-7-5-2)18-12-10-17(16-20)11-13-18/h10-13H,4-9,14-15H2,1-3H3. The fourth-order valence-electron chi connectivity index (χ4n) is 2.89. The highest BCUT2D eigenvalue weighted by Crippen LogP contribution is 2.35. The second-order valence-electron chi connectivity index (χ2n) is 6.16. The molecule has 0 saturated heterocycles. The van der Waals surface area contributed by atoms with Crippen LogP contribution in [0.1, 0.15) is 83.3 Å². The molecule has 0 heterocycles. The Hall–Kier alpha value is -1.29. The molecule has 1 nitrogen and oxygen atoms in total. The average Bonchev–Trinajstić information content (AvgIpc) is 2.48. The van der Waals surface area contributed by atoms with E-state index in [1.807, 2.05) is 12.1 Å². The van der Waals surface area contributed by atoms with Crippen molar-refractivity contribution >= 4 is 0 Å². The molecular weight excluding hydrogens is 242 g/mol. The lowest BCUT2D eigenvalue weighted by molar-refractivity contribution is 0.367. The second kappa shape index (κ2) is 8.80. The van der Waals surface area contributed by atoms with Gasteiger partial charge < -0.3 is 0 Å². The predicted molar refractivity (Wildman–Crippen MR) is 86.8 cm³/mol. The summed E-state index contributed by atoms with van der Waals surface area (Å²) in [4.78, 5) is 0. The first-order valence-electron chi connectivity index (χ1n) is 8.17. The van der Waals surface area contributed by atoms with Gasteiger partial charge in [-0.05, 0) is 36.0 Å². The fourth-order valence-corrected chi connectivity index (χ4v) is 2.89. The molecule has 1 rings (SSSR count). The van der Waals surface area contributed by atoms with E-state index in [1.54, 1.807) is 0 Å². The summed E-state index contributed by atoms with van der Waals surface area (Å²) in [5.74, 6) is 0. The van der Waals surface area contributed by atoms with Crippen molar-refractivity contribution in [2.75, 3.05) is 0 Å². The van der Waals surface area contributed by atoms with Crippen LogP contribution in [-0.2, 0) is 5.41 Å². The maximum Gasteiger partial charge on any atom is 0.0991 e. The molecule has 1 aromatic carbocycles. The van der Waals surface area contributed by atoms with Gasteiger partial charge in [-0.25, -0.2) is 0 Å². The maximum absolute atomic E-state index is 8.93. The highest BCUT2D eigenvalue weighted by molar-refractivity contribution is 5.34. The van der Waals surface area contributed by atoms with Gasteiger partial charge in [-0.1, -0.05) is 71.4 Å². The maximum atomic E-state index is 8.93. The van der Waals surface area contributed by atoms with E-state index in [0.717, 1.165) is 5.56 Å². The molecule has 0 spiro atoms. The summed E-state index contributed by atoms with van der Waals surface area (Å²) in [6, 6.07) is 10.5. The summed E-state index contributed by atoms with van der Waals surface area (Å²) in [7, 11) is 0. The molecule has 1 aromatic rings. The third-order valence-electron chi connectivity index (χ3n) is 4.38. The van der Waals surface area contributed by atoms with Crippen molar-refractivity contribution in [1.29, 1.82) is 5.26 Å². The topological polar surface area (TPSA) is 23.8 Å². The van der Waals surface area contributed by atoms with Crippen molar-refractivity contribution in [1.82, 2.24) is 0 Å². The van der Waals surface area contributed by atoms with E-state index in [4.69, 9.17) is 5.26 Å². The van der Waals surface area contributed by atoms with E-state index in [0.29, 0.717) is 0 Å². The summed E-state index contributed by atoms with van der Waals surface area (Å²) in [5.41, 5.74) is 2.44. The Morgan fingerprint density at radius 1 is 0.900 bits per heavy atom. The molecule has 0 fully saturated rings. The number of hydrogen-bond acceptors (Lipinski definition) is 1. The summed E-state index contributed by atoms with van der Waals surface area (Å²) in [5, 5.41) is 8.93. The zero-order valence-corrected chi connectivity index (χ0v) is 13.4. The van der Waals surface area contributed by atoms with E-state index < -0.39 is 0 Å². The van der Waals surface area contributed by atoms with Gasteiger partial charge in [-0.2, -0.15) is 5.26 Å². The first kappa shape index (κ1) is 16.8. The van der Waals surface area contributed by atoms with E-state index in [9.17, 15) is 0 Å². The molecule has 1 heteroatoms. The molecule has 0 radical (unpaired) electrons. The van der Waals surface area contributed by atoms with Gasteiger partial charge in [0, 0.05) is 0 Å². The van der Waals surface area contributed by atoms with Gasteiger partial charge in [0.2, 0.25) is 0 Å². The lowest BCUT2D eigenvalue weighted by Gasteiger charge is -2.31. The molecular formula is C19H29N. The van der Waals surface area contributed by atoms with Crippen molar-refractivity contribution in [2.24, 2.45) is 0 Å². The molecule has 110 valence electrons. The number of unbranched alkanes of at least 4 members (excludes halogenated alkanes) is 4. The van der Waals surface area contributed by atoms with Crippen LogP contribution in [0.25, 0.3) is 0 Å². The Balaban J connectivity index is 2.80. The van der Waals surface area contributed by atoms with Gasteiger partial charge >= 0.3 is 0 Å². The Morgan fingerprint density at radius 3 is 1.80 bits per heavy atom. The van der Waals surface area contributed by atoms with Crippen molar-refractivity contribution in [3.63, 3.8) is 0 Å². The lowest BCUT2D eigenvalue weighted by atomic mass is 9.74. The Bertz CT molecular complexity index is 400. The average molecular weight is 271 g/mol. The minimum atomic E-state index is 0.276. The Kier molecular flexibility index (Phi) is 7.37. The zero-order valence-electron chi connectivity index (χ0n) is 13.4. The van der Waals surface area contributed by atoms with E-state index in [1.165, 1.54) is 56.9 Å². The van der Waals surface area contributed by atoms with E-state index in [2.05, 4.69) is 39.0 Å². The number of benzene rings is 1. The number of rotatable bonds is 9. The highest BCUT2D eigenvalue weighted by Gasteiger charge is 2.25. The van der Waals surface area contributed by atoms with Crippen LogP contribution in [0.2, 0.25) is 0 Å². The van der Waals surface area contributed by atoms with Crippen LogP contribution in [-0.4, -0.2) is 0 Å². The van der Waals surface area contributed by atoms with Gasteiger partial charge in [0.1, 0.15) is 0 Å². The molecule has 0 atom stereocenters. The first-order chi connectivity index (χ1) is 9.66. The third kappa shape index (κ3) is 5.00. The predicted octanol–water partition coefficient (Wildman–Crippen LogP) is 5.98. The molecule has 0 aliphatic rings. The molecule has 0 bridgehead atoms. The first-order valence-corrected chi connectivity index (χ1v) is 8.17. The third-order valence-corrected chi connectivity index (χ3v) is 4.38. The largest absolute Gasteiger partial charge is 0.192 e. The molecule has 0 N–H and O–H groups in total. The Morgan fingerprint density at radius 2 is 1.40 bits per heavy atom. The summed E-state index contributed by atoms with van der Waals surface area (Å²) in [6.07, 6.45) is 10.3. The lowest BCUT2D eigenvalue weighted by Crippen LogP contribution is -2.22. The quantitative estimate of drug-likeness (QED) is 0.507. The van der Waals surface area contributed by atoms with E-state index >= 15 is 0 Å². The number of hydrogen-bond donors (Lipinski definition) is 0. The van der Waals surface area contributed by atoms with Crippen molar-refractivity contribution in [3.05, 3.63) is 35.4 Å². The smallest absolute Gasteiger partial charge is 0.0991 e. The van der Waals surface area contributed by atoms with Crippen LogP contribution >= 0.6 is 0 Å². The second-order valence-corrected chi connectivity index (χ2v) is 6.16. The van der Waals surface area contributed by atoms with Crippen LogP contribution in [0.15, 0.2) is 24.3 Å². The molecule has 0 saturated carbocycles. The summed E-state index contributed by atoms with van der Waals surface area (Å²) >= 11 is 0. The van der Waals surface area contributed by atoms with Crippen LogP contribution in [0, 0.1) is 11.3 Å². The summed E-state index contributed by atoms with van der Waals surface area (Å²) < 4.78 is 0. The minimum Gasteiger partial charge on any atom is -0.192 e. The zero-order chi connectivity index (χ0) is 14.8.